The summed E-state index contributed by atoms with van der Waals surface area (Å²) in [5.41, 5.74) is 0. The summed E-state index contributed by atoms with van der Waals surface area (Å²) in [6.07, 6.45) is 6.30. The second-order valence-electron chi connectivity index (χ2n) is 4.72. The van der Waals surface area contributed by atoms with Gasteiger partial charge in [-0.05, 0) is 36.7 Å². The number of hydrogen-bond donors (Lipinski definition) is 2. The molecule has 2 aliphatic carbocycles. The zero-order valence-corrected chi connectivity index (χ0v) is 9.43. The van der Waals surface area contributed by atoms with Crippen molar-refractivity contribution in [2.45, 2.75) is 18.9 Å². The molecule has 0 spiro atoms. The van der Waals surface area contributed by atoms with Crippen molar-refractivity contribution < 1.29 is 4.79 Å². The van der Waals surface area contributed by atoms with Crippen LogP contribution < -0.4 is 10.6 Å². The number of fused-ring (bicyclic) bond motifs is 1. The minimum absolute atomic E-state index is 0. The normalized spacial score (nSPS) is 37.2. The summed E-state index contributed by atoms with van der Waals surface area (Å²) in [5.74, 6) is 2.24. The molecule has 3 rings (SSSR count). The molecule has 1 saturated heterocycles. The van der Waals surface area contributed by atoms with Gasteiger partial charge in [0, 0.05) is 19.1 Å². The minimum Gasteiger partial charge on any atom is -0.349 e. The summed E-state index contributed by atoms with van der Waals surface area (Å²) in [4.78, 5) is 11.4. The molecular formula is C11H17ClN2O. The van der Waals surface area contributed by atoms with Gasteiger partial charge in [0.2, 0.25) is 5.91 Å². The van der Waals surface area contributed by atoms with E-state index < -0.39 is 0 Å². The van der Waals surface area contributed by atoms with Crippen LogP contribution in [-0.4, -0.2) is 25.0 Å². The number of hydrogen-bond acceptors (Lipinski definition) is 2. The summed E-state index contributed by atoms with van der Waals surface area (Å²) in [6, 6.07) is 0.465. The molecule has 0 aromatic carbocycles. The molecule has 1 aliphatic heterocycles. The van der Waals surface area contributed by atoms with Gasteiger partial charge in [0.25, 0.3) is 0 Å². The maximum Gasteiger partial charge on any atom is 0.243 e. The lowest BCUT2D eigenvalue weighted by Crippen LogP contribution is -2.31. The number of rotatable bonds is 3. The molecule has 3 nitrogen and oxygen atoms in total. The number of carbonyl (C=O) groups excluding carboxylic acids is 1. The Labute approximate surface area is 96.1 Å². The second kappa shape index (κ2) is 4.14. The quantitative estimate of drug-likeness (QED) is 0.699. The number of nitrogens with one attached hydrogen (secondary N) is 2. The molecule has 3 aliphatic rings. The summed E-state index contributed by atoms with van der Waals surface area (Å²) in [7, 11) is 0. The Hall–Kier alpha value is -0.540. The molecule has 0 bridgehead atoms. The van der Waals surface area contributed by atoms with Crippen LogP contribution in [0.1, 0.15) is 12.8 Å². The summed E-state index contributed by atoms with van der Waals surface area (Å²) in [6.45, 7) is 2.17. The Morgan fingerprint density at radius 1 is 1.27 bits per heavy atom. The van der Waals surface area contributed by atoms with E-state index in [1.165, 1.54) is 12.8 Å². The van der Waals surface area contributed by atoms with Crippen molar-refractivity contribution in [1.82, 2.24) is 10.6 Å². The van der Waals surface area contributed by atoms with Crippen LogP contribution in [0.25, 0.3) is 0 Å². The summed E-state index contributed by atoms with van der Waals surface area (Å²) < 4.78 is 0. The van der Waals surface area contributed by atoms with Gasteiger partial charge >= 0.3 is 0 Å². The Morgan fingerprint density at radius 3 is 2.53 bits per heavy atom. The van der Waals surface area contributed by atoms with Gasteiger partial charge in [0.1, 0.15) is 0 Å². The maximum atomic E-state index is 11.4. The van der Waals surface area contributed by atoms with Gasteiger partial charge in [-0.15, -0.1) is 12.4 Å². The predicted octanol–water partition coefficient (Wildman–Crippen LogP) is 0.708. The Morgan fingerprint density at radius 2 is 1.93 bits per heavy atom. The van der Waals surface area contributed by atoms with Crippen molar-refractivity contribution >= 4 is 18.3 Å². The van der Waals surface area contributed by atoms with Crippen LogP contribution in [0.4, 0.5) is 0 Å². The zero-order valence-electron chi connectivity index (χ0n) is 8.61. The number of halogens is 1. The first-order valence-electron chi connectivity index (χ1n) is 5.54. The monoisotopic (exact) mass is 228 g/mol. The number of allylic oxidation sites excluding steroid dienone is 1. The average Bonchev–Trinajstić information content (AvgIpc) is 3.05. The van der Waals surface area contributed by atoms with E-state index >= 15 is 0 Å². The van der Waals surface area contributed by atoms with Crippen molar-refractivity contribution in [3.05, 3.63) is 12.2 Å². The molecule has 1 amide bonds. The van der Waals surface area contributed by atoms with Gasteiger partial charge in [-0.25, -0.2) is 0 Å². The Bertz CT molecular complexity index is 278. The van der Waals surface area contributed by atoms with Crippen molar-refractivity contribution in [2.75, 3.05) is 13.1 Å². The molecule has 2 saturated carbocycles. The molecule has 1 heterocycles. The van der Waals surface area contributed by atoms with Gasteiger partial charge in [-0.2, -0.15) is 0 Å². The highest BCUT2D eigenvalue weighted by Gasteiger charge is 2.53. The van der Waals surface area contributed by atoms with E-state index in [4.69, 9.17) is 0 Å². The number of carbonyl (C=O) groups is 1. The van der Waals surface area contributed by atoms with Gasteiger partial charge in [-0.1, -0.05) is 6.08 Å². The lowest BCUT2D eigenvalue weighted by Gasteiger charge is -2.04. The molecule has 0 radical (unpaired) electrons. The van der Waals surface area contributed by atoms with E-state index in [1.807, 2.05) is 6.08 Å². The van der Waals surface area contributed by atoms with Gasteiger partial charge in [0.15, 0.2) is 0 Å². The van der Waals surface area contributed by atoms with Crippen LogP contribution in [0.15, 0.2) is 12.2 Å². The molecule has 3 fully saturated rings. The lowest BCUT2D eigenvalue weighted by molar-refractivity contribution is -0.116. The van der Waals surface area contributed by atoms with Crippen LogP contribution in [0.2, 0.25) is 0 Å². The largest absolute Gasteiger partial charge is 0.349 e. The fourth-order valence-electron chi connectivity index (χ4n) is 2.36. The highest BCUT2D eigenvalue weighted by Crippen LogP contribution is 2.41. The van der Waals surface area contributed by atoms with Gasteiger partial charge < -0.3 is 10.6 Å². The first-order valence-corrected chi connectivity index (χ1v) is 5.54. The molecule has 3 atom stereocenters. The third-order valence-corrected chi connectivity index (χ3v) is 3.54. The van der Waals surface area contributed by atoms with Crippen molar-refractivity contribution in [3.63, 3.8) is 0 Å². The summed E-state index contributed by atoms with van der Waals surface area (Å²) >= 11 is 0. The smallest absolute Gasteiger partial charge is 0.243 e. The van der Waals surface area contributed by atoms with Gasteiger partial charge in [0.05, 0.1) is 0 Å². The van der Waals surface area contributed by atoms with Crippen LogP contribution in [0.3, 0.4) is 0 Å². The minimum atomic E-state index is 0. The second-order valence-corrected chi connectivity index (χ2v) is 4.72. The highest BCUT2D eigenvalue weighted by atomic mass is 35.5. The molecular weight excluding hydrogens is 212 g/mol. The third kappa shape index (κ3) is 2.34. The highest BCUT2D eigenvalue weighted by molar-refractivity contribution is 5.88. The lowest BCUT2D eigenvalue weighted by atomic mass is 10.3. The first-order chi connectivity index (χ1) is 6.84. The average molecular weight is 229 g/mol. The molecule has 4 heteroatoms. The number of amides is 1. The molecule has 15 heavy (non-hydrogen) atoms. The predicted molar refractivity (Wildman–Crippen MR) is 60.9 cm³/mol. The first kappa shape index (κ1) is 11.0. The van der Waals surface area contributed by atoms with Crippen LogP contribution in [0.5, 0.6) is 0 Å². The van der Waals surface area contributed by atoms with Gasteiger partial charge in [-0.3, -0.25) is 4.79 Å². The van der Waals surface area contributed by atoms with Crippen molar-refractivity contribution in [3.8, 4) is 0 Å². The standard InChI is InChI=1S/C11H16N2O.ClH/c14-10(4-3-7-1-2-7)13-11-8-5-12-6-9(8)11;/h3-4,7-9,11-12H,1-2,5-6H2,(H,13,14);1H/b4-3+;/t8-,9+,11?;. The Balaban J connectivity index is 0.000000853. The fraction of sp³-hybridized carbons (Fsp3) is 0.727. The van der Waals surface area contributed by atoms with E-state index in [1.54, 1.807) is 6.08 Å². The van der Waals surface area contributed by atoms with Crippen LogP contribution >= 0.6 is 12.4 Å². The zero-order chi connectivity index (χ0) is 9.54. The van der Waals surface area contributed by atoms with Crippen LogP contribution in [0, 0.1) is 17.8 Å². The van der Waals surface area contributed by atoms with E-state index in [0.29, 0.717) is 23.8 Å². The van der Waals surface area contributed by atoms with E-state index in [2.05, 4.69) is 10.6 Å². The third-order valence-electron chi connectivity index (χ3n) is 3.54. The van der Waals surface area contributed by atoms with E-state index in [0.717, 1.165) is 13.1 Å². The van der Waals surface area contributed by atoms with E-state index in [-0.39, 0.29) is 18.3 Å². The van der Waals surface area contributed by atoms with Crippen LogP contribution in [-0.2, 0) is 4.79 Å². The molecule has 2 N–H and O–H groups in total. The molecule has 1 unspecified atom stereocenters. The molecule has 0 aromatic heterocycles. The van der Waals surface area contributed by atoms with Crippen molar-refractivity contribution in [1.29, 1.82) is 0 Å². The summed E-state index contributed by atoms with van der Waals surface area (Å²) in [5, 5.41) is 6.39. The fourth-order valence-corrected chi connectivity index (χ4v) is 2.36. The SMILES string of the molecule is Cl.O=C(/C=C/C1CC1)NC1[C@H]2CNC[C@@H]12. The van der Waals surface area contributed by atoms with E-state index in [9.17, 15) is 4.79 Å². The molecule has 84 valence electrons. The topological polar surface area (TPSA) is 41.1 Å². The number of piperidine rings is 1. The molecule has 0 aromatic rings. The maximum absolute atomic E-state index is 11.4. The van der Waals surface area contributed by atoms with Crippen molar-refractivity contribution in [2.24, 2.45) is 17.8 Å². The Kier molecular flexibility index (Phi) is 3.03.